The maximum Gasteiger partial charge on any atom is 0.258 e. The SMILES string of the molecule is O=C(c1cccc2c1OCCO2)N(CCBr)C1CCCC1. The maximum atomic E-state index is 13.0. The molecule has 2 aliphatic rings. The molecule has 1 aromatic rings. The van der Waals surface area contributed by atoms with Gasteiger partial charge in [-0.2, -0.15) is 0 Å². The van der Waals surface area contributed by atoms with Crippen LogP contribution in [-0.4, -0.2) is 41.9 Å². The normalized spacial score (nSPS) is 17.8. The van der Waals surface area contributed by atoms with E-state index in [1.807, 2.05) is 23.1 Å². The lowest BCUT2D eigenvalue weighted by molar-refractivity contribution is 0.0686. The Balaban J connectivity index is 1.88. The number of ether oxygens (including phenoxy) is 2. The Bertz CT molecular complexity index is 514. The zero-order valence-electron chi connectivity index (χ0n) is 12.0. The molecule has 1 aromatic carbocycles. The smallest absolute Gasteiger partial charge is 0.258 e. The number of carbonyl (C=O) groups is 1. The van der Waals surface area contributed by atoms with Crippen molar-refractivity contribution in [3.05, 3.63) is 23.8 Å². The molecule has 0 atom stereocenters. The van der Waals surface area contributed by atoms with Crippen molar-refractivity contribution in [2.75, 3.05) is 25.1 Å². The number of hydrogen-bond donors (Lipinski definition) is 0. The highest BCUT2D eigenvalue weighted by Gasteiger charge is 2.30. The number of nitrogens with zero attached hydrogens (tertiary/aromatic N) is 1. The van der Waals surface area contributed by atoms with E-state index in [0.29, 0.717) is 36.3 Å². The summed E-state index contributed by atoms with van der Waals surface area (Å²) in [6.45, 7) is 1.77. The van der Waals surface area contributed by atoms with E-state index in [4.69, 9.17) is 9.47 Å². The fraction of sp³-hybridized carbons (Fsp3) is 0.562. The number of rotatable bonds is 4. The second kappa shape index (κ2) is 6.69. The van der Waals surface area contributed by atoms with Crippen LogP contribution in [0, 0.1) is 0 Å². The molecule has 1 fully saturated rings. The van der Waals surface area contributed by atoms with Crippen LogP contribution < -0.4 is 9.47 Å². The zero-order chi connectivity index (χ0) is 14.7. The first kappa shape index (κ1) is 14.7. The minimum atomic E-state index is 0.0590. The summed E-state index contributed by atoms with van der Waals surface area (Å²) < 4.78 is 11.3. The Morgan fingerprint density at radius 3 is 2.76 bits per heavy atom. The minimum Gasteiger partial charge on any atom is -0.486 e. The summed E-state index contributed by atoms with van der Waals surface area (Å²) in [5, 5.41) is 0.793. The van der Waals surface area contributed by atoms with E-state index in [9.17, 15) is 4.79 Å². The van der Waals surface area contributed by atoms with Crippen LogP contribution in [0.5, 0.6) is 11.5 Å². The van der Waals surface area contributed by atoms with E-state index in [-0.39, 0.29) is 5.91 Å². The Hall–Kier alpha value is -1.23. The fourth-order valence-electron chi connectivity index (χ4n) is 3.15. The molecule has 0 N–H and O–H groups in total. The monoisotopic (exact) mass is 353 g/mol. The summed E-state index contributed by atoms with van der Waals surface area (Å²) in [7, 11) is 0. The summed E-state index contributed by atoms with van der Waals surface area (Å²) in [4.78, 5) is 15.0. The average molecular weight is 354 g/mol. The van der Waals surface area contributed by atoms with Gasteiger partial charge in [0.25, 0.3) is 5.91 Å². The van der Waals surface area contributed by atoms with Gasteiger partial charge in [0.15, 0.2) is 11.5 Å². The van der Waals surface area contributed by atoms with Crippen LogP contribution in [0.15, 0.2) is 18.2 Å². The predicted octanol–water partition coefficient (Wildman–Crippen LogP) is 3.24. The number of carbonyl (C=O) groups excluding carboxylic acids is 1. The van der Waals surface area contributed by atoms with E-state index >= 15 is 0 Å². The van der Waals surface area contributed by atoms with Gasteiger partial charge < -0.3 is 14.4 Å². The fourth-order valence-corrected chi connectivity index (χ4v) is 3.54. The van der Waals surface area contributed by atoms with Gasteiger partial charge in [0.2, 0.25) is 0 Å². The highest BCUT2D eigenvalue weighted by atomic mass is 79.9. The van der Waals surface area contributed by atoms with Crippen LogP contribution >= 0.6 is 15.9 Å². The van der Waals surface area contributed by atoms with Gasteiger partial charge in [0, 0.05) is 17.9 Å². The van der Waals surface area contributed by atoms with Crippen molar-refractivity contribution >= 4 is 21.8 Å². The molecule has 114 valence electrons. The molecule has 1 aliphatic heterocycles. The number of amides is 1. The van der Waals surface area contributed by atoms with Crippen LogP contribution in [0.2, 0.25) is 0 Å². The van der Waals surface area contributed by atoms with E-state index < -0.39 is 0 Å². The first-order chi connectivity index (χ1) is 10.3. The van der Waals surface area contributed by atoms with Gasteiger partial charge in [0.1, 0.15) is 13.2 Å². The van der Waals surface area contributed by atoms with Gasteiger partial charge in [-0.15, -0.1) is 0 Å². The Kier molecular flexibility index (Phi) is 4.68. The zero-order valence-corrected chi connectivity index (χ0v) is 13.6. The van der Waals surface area contributed by atoms with Crippen LogP contribution in [-0.2, 0) is 0 Å². The molecule has 1 heterocycles. The highest BCUT2D eigenvalue weighted by molar-refractivity contribution is 9.09. The summed E-state index contributed by atoms with van der Waals surface area (Å²) >= 11 is 3.46. The largest absolute Gasteiger partial charge is 0.486 e. The van der Waals surface area contributed by atoms with E-state index in [2.05, 4.69) is 15.9 Å². The van der Waals surface area contributed by atoms with Crippen molar-refractivity contribution in [2.24, 2.45) is 0 Å². The van der Waals surface area contributed by atoms with Gasteiger partial charge in [-0.25, -0.2) is 0 Å². The lowest BCUT2D eigenvalue weighted by atomic mass is 10.1. The van der Waals surface area contributed by atoms with Gasteiger partial charge >= 0.3 is 0 Å². The van der Waals surface area contributed by atoms with Gasteiger partial charge in [-0.05, 0) is 25.0 Å². The van der Waals surface area contributed by atoms with Gasteiger partial charge in [-0.1, -0.05) is 34.8 Å². The van der Waals surface area contributed by atoms with Crippen LogP contribution in [0.3, 0.4) is 0 Å². The van der Waals surface area contributed by atoms with E-state index in [0.717, 1.165) is 24.7 Å². The van der Waals surface area contributed by atoms with Crippen LogP contribution in [0.25, 0.3) is 0 Å². The van der Waals surface area contributed by atoms with Crippen molar-refractivity contribution in [1.82, 2.24) is 4.90 Å². The Morgan fingerprint density at radius 2 is 2.00 bits per heavy atom. The second-order valence-electron chi connectivity index (χ2n) is 5.46. The molecule has 21 heavy (non-hydrogen) atoms. The average Bonchev–Trinajstić information content (AvgIpc) is 3.05. The van der Waals surface area contributed by atoms with Crippen LogP contribution in [0.4, 0.5) is 0 Å². The van der Waals surface area contributed by atoms with Crippen molar-refractivity contribution in [3.63, 3.8) is 0 Å². The molecule has 1 saturated carbocycles. The van der Waals surface area contributed by atoms with Gasteiger partial charge in [0.05, 0.1) is 5.56 Å². The number of hydrogen-bond acceptors (Lipinski definition) is 3. The molecule has 0 radical (unpaired) electrons. The molecule has 1 amide bonds. The number of alkyl halides is 1. The standard InChI is InChI=1S/C16H20BrNO3/c17-8-9-18(12-4-1-2-5-12)16(19)13-6-3-7-14-15(13)21-11-10-20-14/h3,6-7,12H,1-2,4-5,8-11H2. The maximum absolute atomic E-state index is 13.0. The third-order valence-corrected chi connectivity index (χ3v) is 4.50. The summed E-state index contributed by atoms with van der Waals surface area (Å²) in [5.41, 5.74) is 0.625. The number of benzene rings is 1. The lowest BCUT2D eigenvalue weighted by Crippen LogP contribution is -2.40. The van der Waals surface area contributed by atoms with Gasteiger partial charge in [-0.3, -0.25) is 4.79 Å². The molecule has 0 saturated heterocycles. The molecular weight excluding hydrogens is 334 g/mol. The topological polar surface area (TPSA) is 38.8 Å². The Labute approximate surface area is 133 Å². The lowest BCUT2D eigenvalue weighted by Gasteiger charge is -2.30. The van der Waals surface area contributed by atoms with Crippen LogP contribution in [0.1, 0.15) is 36.0 Å². The third-order valence-electron chi connectivity index (χ3n) is 4.15. The summed E-state index contributed by atoms with van der Waals surface area (Å²) in [5.74, 6) is 1.34. The molecule has 0 spiro atoms. The van der Waals surface area contributed by atoms with Crippen molar-refractivity contribution < 1.29 is 14.3 Å². The molecule has 0 aromatic heterocycles. The minimum absolute atomic E-state index is 0.0590. The number of halogens is 1. The molecular formula is C16H20BrNO3. The highest BCUT2D eigenvalue weighted by Crippen LogP contribution is 2.35. The third kappa shape index (κ3) is 3.03. The van der Waals surface area contributed by atoms with Crippen molar-refractivity contribution in [2.45, 2.75) is 31.7 Å². The number of fused-ring (bicyclic) bond motifs is 1. The summed E-state index contributed by atoms with van der Waals surface area (Å²) in [6.07, 6.45) is 4.63. The summed E-state index contributed by atoms with van der Waals surface area (Å²) in [6, 6.07) is 5.92. The molecule has 1 aliphatic carbocycles. The molecule has 3 rings (SSSR count). The quantitative estimate of drug-likeness (QED) is 0.780. The van der Waals surface area contributed by atoms with E-state index in [1.54, 1.807) is 0 Å². The van der Waals surface area contributed by atoms with Crippen molar-refractivity contribution in [1.29, 1.82) is 0 Å². The van der Waals surface area contributed by atoms with E-state index in [1.165, 1.54) is 12.8 Å². The molecule has 0 unspecified atom stereocenters. The first-order valence-electron chi connectivity index (χ1n) is 7.57. The number of para-hydroxylation sites is 1. The van der Waals surface area contributed by atoms with Crippen molar-refractivity contribution in [3.8, 4) is 11.5 Å². The molecule has 5 heteroatoms. The molecule has 4 nitrogen and oxygen atoms in total. The second-order valence-corrected chi connectivity index (χ2v) is 6.25. The first-order valence-corrected chi connectivity index (χ1v) is 8.69. The Morgan fingerprint density at radius 1 is 1.24 bits per heavy atom. The molecule has 0 bridgehead atoms. The predicted molar refractivity (Wildman–Crippen MR) is 84.5 cm³/mol.